The summed E-state index contributed by atoms with van der Waals surface area (Å²) in [5.74, 6) is -8.87. The Kier molecular flexibility index (Phi) is 8.00. The standard InChI is InChI=1S/C10H10F7NO8S2/c1-2-25-6(19)3-4-7(20)26-5-8(11,12)9(13,14)27(21,22)18-28(23,24)10(15,16)17/h3-4,18H,2,5H2,1H3/b4-3-. The van der Waals surface area contributed by atoms with Gasteiger partial charge in [-0.05, 0) is 6.92 Å². The van der Waals surface area contributed by atoms with Crippen molar-refractivity contribution in [2.45, 2.75) is 23.6 Å². The van der Waals surface area contributed by atoms with E-state index >= 15 is 0 Å². The second-order valence-electron chi connectivity index (χ2n) is 4.45. The predicted molar refractivity (Wildman–Crippen MR) is 73.7 cm³/mol. The Morgan fingerprint density at radius 2 is 1.29 bits per heavy atom. The summed E-state index contributed by atoms with van der Waals surface area (Å²) in [6.07, 6.45) is 0.489. The molecule has 0 atom stereocenters. The second-order valence-corrected chi connectivity index (χ2v) is 8.11. The number of hydrogen-bond donors (Lipinski definition) is 1. The van der Waals surface area contributed by atoms with Gasteiger partial charge in [0.2, 0.25) is 0 Å². The monoisotopic (exact) mass is 469 g/mol. The quantitative estimate of drug-likeness (QED) is 0.296. The molecule has 18 heteroatoms. The molecule has 0 rings (SSSR count). The van der Waals surface area contributed by atoms with Gasteiger partial charge in [0.25, 0.3) is 10.0 Å². The van der Waals surface area contributed by atoms with Crippen LogP contribution in [0.4, 0.5) is 30.7 Å². The van der Waals surface area contributed by atoms with Crippen LogP contribution in [0, 0.1) is 0 Å². The largest absolute Gasteiger partial charge is 0.512 e. The van der Waals surface area contributed by atoms with Crippen molar-refractivity contribution in [1.29, 1.82) is 0 Å². The average molecular weight is 469 g/mol. The summed E-state index contributed by atoms with van der Waals surface area (Å²) >= 11 is 0. The summed E-state index contributed by atoms with van der Waals surface area (Å²) in [6, 6.07) is 0. The van der Waals surface area contributed by atoms with E-state index in [-0.39, 0.29) is 12.7 Å². The van der Waals surface area contributed by atoms with Gasteiger partial charge >= 0.3 is 38.6 Å². The zero-order valence-electron chi connectivity index (χ0n) is 13.3. The fourth-order valence-corrected chi connectivity index (χ4v) is 3.47. The van der Waals surface area contributed by atoms with Gasteiger partial charge in [-0.15, -0.1) is 0 Å². The fraction of sp³-hybridized carbons (Fsp3) is 0.600. The van der Waals surface area contributed by atoms with Crippen molar-refractivity contribution >= 4 is 32.0 Å². The van der Waals surface area contributed by atoms with Crippen LogP contribution in [0.3, 0.4) is 0 Å². The Hall–Kier alpha value is -1.95. The minimum absolute atomic E-state index is 0.145. The molecule has 0 radical (unpaired) electrons. The number of carbonyl (C=O) groups is 2. The maximum Gasteiger partial charge on any atom is 0.512 e. The molecule has 0 bridgehead atoms. The van der Waals surface area contributed by atoms with Crippen molar-refractivity contribution in [1.82, 2.24) is 4.13 Å². The predicted octanol–water partition coefficient (Wildman–Crippen LogP) is 0.646. The van der Waals surface area contributed by atoms with Crippen molar-refractivity contribution in [3.8, 4) is 0 Å². The highest BCUT2D eigenvalue weighted by atomic mass is 32.3. The van der Waals surface area contributed by atoms with Crippen molar-refractivity contribution < 1.29 is 66.6 Å². The number of carbonyl (C=O) groups excluding carboxylic acids is 2. The molecule has 0 aliphatic heterocycles. The summed E-state index contributed by atoms with van der Waals surface area (Å²) in [5.41, 5.74) is -6.41. The zero-order chi connectivity index (χ0) is 22.6. The lowest BCUT2D eigenvalue weighted by atomic mass is 10.4. The molecule has 1 N–H and O–H groups in total. The molecule has 0 aromatic carbocycles. The fourth-order valence-electron chi connectivity index (χ4n) is 1.06. The van der Waals surface area contributed by atoms with Crippen LogP contribution in [0.25, 0.3) is 0 Å². The molecule has 9 nitrogen and oxygen atoms in total. The minimum Gasteiger partial charge on any atom is -0.463 e. The van der Waals surface area contributed by atoms with Gasteiger partial charge in [0.05, 0.1) is 6.61 Å². The molecule has 0 unspecified atom stereocenters. The number of sulfonamides is 2. The Labute approximate surface area is 152 Å². The number of esters is 2. The molecule has 0 aromatic rings. The van der Waals surface area contributed by atoms with Gasteiger partial charge in [-0.1, -0.05) is 4.13 Å². The van der Waals surface area contributed by atoms with Crippen molar-refractivity contribution in [3.05, 3.63) is 12.2 Å². The third kappa shape index (κ3) is 6.30. The Morgan fingerprint density at radius 3 is 1.68 bits per heavy atom. The third-order valence-electron chi connectivity index (χ3n) is 2.33. The van der Waals surface area contributed by atoms with Crippen molar-refractivity contribution in [2.24, 2.45) is 0 Å². The molecule has 0 amide bonds. The molecular formula is C10H10F7NO8S2. The summed E-state index contributed by atoms with van der Waals surface area (Å²) in [5, 5.41) is -6.45. The molecule has 0 aromatic heterocycles. The topological polar surface area (TPSA) is 133 Å². The highest BCUT2D eigenvalue weighted by Gasteiger charge is 2.68. The first kappa shape index (κ1) is 26.1. The van der Waals surface area contributed by atoms with Gasteiger partial charge in [-0.3, -0.25) is 0 Å². The van der Waals surface area contributed by atoms with Crippen LogP contribution in [-0.2, 0) is 39.1 Å². The first-order chi connectivity index (χ1) is 12.3. The van der Waals surface area contributed by atoms with Gasteiger partial charge in [0, 0.05) is 12.2 Å². The van der Waals surface area contributed by atoms with Crippen molar-refractivity contribution in [2.75, 3.05) is 13.2 Å². The van der Waals surface area contributed by atoms with Crippen LogP contribution in [0.1, 0.15) is 6.92 Å². The lowest BCUT2D eigenvalue weighted by molar-refractivity contribution is -0.192. The summed E-state index contributed by atoms with van der Waals surface area (Å²) in [4.78, 5) is 21.9. The first-order valence-electron chi connectivity index (χ1n) is 6.42. The SMILES string of the molecule is CCOC(=O)/C=C\C(=O)OCC(F)(F)C(F)(F)S(=O)(=O)NS(=O)(=O)C(F)(F)F. The zero-order valence-corrected chi connectivity index (χ0v) is 14.9. The summed E-state index contributed by atoms with van der Waals surface area (Å²) < 4.78 is 140. The van der Waals surface area contributed by atoms with E-state index in [0.717, 1.165) is 0 Å². The number of alkyl halides is 7. The smallest absolute Gasteiger partial charge is 0.463 e. The Balaban J connectivity index is 5.38. The van der Waals surface area contributed by atoms with E-state index in [2.05, 4.69) is 9.47 Å². The normalized spacial score (nSPS) is 14.1. The van der Waals surface area contributed by atoms with Crippen LogP contribution in [0.2, 0.25) is 0 Å². The molecule has 0 spiro atoms. The molecule has 28 heavy (non-hydrogen) atoms. The molecular weight excluding hydrogens is 459 g/mol. The summed E-state index contributed by atoms with van der Waals surface area (Å²) in [6.45, 7) is -1.48. The van der Waals surface area contributed by atoms with E-state index in [1.54, 1.807) is 0 Å². The average Bonchev–Trinajstić information content (AvgIpc) is 2.48. The van der Waals surface area contributed by atoms with Gasteiger partial charge in [-0.2, -0.15) is 30.7 Å². The maximum atomic E-state index is 13.4. The van der Waals surface area contributed by atoms with Crippen LogP contribution < -0.4 is 4.13 Å². The molecule has 0 saturated heterocycles. The number of nitrogens with one attached hydrogen (secondary N) is 1. The Morgan fingerprint density at radius 1 is 0.857 bits per heavy atom. The highest BCUT2D eigenvalue weighted by Crippen LogP contribution is 2.39. The van der Waals surface area contributed by atoms with E-state index < -0.39 is 59.4 Å². The molecule has 0 aliphatic carbocycles. The molecule has 164 valence electrons. The number of ether oxygens (including phenoxy) is 2. The van der Waals surface area contributed by atoms with Crippen LogP contribution in [0.15, 0.2) is 12.2 Å². The van der Waals surface area contributed by atoms with Crippen LogP contribution >= 0.6 is 0 Å². The van der Waals surface area contributed by atoms with Gasteiger partial charge < -0.3 is 9.47 Å². The van der Waals surface area contributed by atoms with Crippen LogP contribution in [-0.4, -0.2) is 58.7 Å². The molecule has 0 heterocycles. The number of halogens is 7. The number of hydrogen-bond acceptors (Lipinski definition) is 8. The molecule has 0 fully saturated rings. The van der Waals surface area contributed by atoms with Gasteiger partial charge in [-0.25, -0.2) is 26.4 Å². The first-order valence-corrected chi connectivity index (χ1v) is 9.39. The van der Waals surface area contributed by atoms with E-state index in [0.29, 0.717) is 6.08 Å². The number of rotatable bonds is 9. The Bertz CT molecular complexity index is 832. The lowest BCUT2D eigenvalue weighted by Gasteiger charge is -2.25. The maximum absolute atomic E-state index is 13.4. The van der Waals surface area contributed by atoms with E-state index in [4.69, 9.17) is 0 Å². The minimum atomic E-state index is -7.16. The third-order valence-corrected chi connectivity index (χ3v) is 5.66. The van der Waals surface area contributed by atoms with Gasteiger partial charge in [0.1, 0.15) is 0 Å². The highest BCUT2D eigenvalue weighted by molar-refractivity contribution is 8.05. The molecule has 0 saturated carbocycles. The van der Waals surface area contributed by atoms with Crippen LogP contribution in [0.5, 0.6) is 0 Å². The van der Waals surface area contributed by atoms with E-state index in [1.807, 2.05) is 0 Å². The second kappa shape index (κ2) is 8.60. The van der Waals surface area contributed by atoms with Gasteiger partial charge in [0.15, 0.2) is 6.61 Å². The van der Waals surface area contributed by atoms with E-state index in [1.165, 1.54) is 6.92 Å². The lowest BCUT2D eigenvalue weighted by Crippen LogP contribution is -2.56. The van der Waals surface area contributed by atoms with Crippen molar-refractivity contribution in [3.63, 3.8) is 0 Å². The summed E-state index contributed by atoms with van der Waals surface area (Å²) in [7, 11) is -14.1. The molecule has 0 aliphatic rings. The van der Waals surface area contributed by atoms with E-state index in [9.17, 15) is 57.2 Å².